The molecule has 0 saturated heterocycles. The topological polar surface area (TPSA) is 54.9 Å². The summed E-state index contributed by atoms with van der Waals surface area (Å²) in [6.45, 7) is 8.90. The minimum atomic E-state index is 0. The first kappa shape index (κ1) is 25.2. The Bertz CT molecular complexity index is 557. The Balaban J connectivity index is 0.00000392. The lowest BCUT2D eigenvalue weighted by Crippen LogP contribution is -2.43. The molecule has 0 atom stereocenters. The molecule has 0 aromatic heterocycles. The van der Waals surface area contributed by atoms with Crippen molar-refractivity contribution in [1.29, 1.82) is 0 Å². The first-order chi connectivity index (χ1) is 13.2. The molecule has 1 aliphatic carbocycles. The largest absolute Gasteiger partial charge is 0.382 e. The van der Waals surface area contributed by atoms with Crippen LogP contribution >= 0.6 is 24.0 Å². The van der Waals surface area contributed by atoms with E-state index in [4.69, 9.17) is 9.47 Å². The Morgan fingerprint density at radius 1 is 1.00 bits per heavy atom. The summed E-state index contributed by atoms with van der Waals surface area (Å²) in [6, 6.07) is 8.55. The normalized spacial score (nSPS) is 15.9. The van der Waals surface area contributed by atoms with Crippen LogP contribution in [0.15, 0.2) is 29.3 Å². The van der Waals surface area contributed by atoms with Crippen molar-refractivity contribution < 1.29 is 9.47 Å². The molecular formula is C22H38IN3O2. The Kier molecular flexibility index (Phi) is 12.7. The fourth-order valence-corrected chi connectivity index (χ4v) is 3.72. The van der Waals surface area contributed by atoms with Gasteiger partial charge in [-0.05, 0) is 49.7 Å². The number of guanidine groups is 1. The Hall–Kier alpha value is -0.860. The lowest BCUT2D eigenvalue weighted by molar-refractivity contribution is 0.105. The second-order valence-corrected chi connectivity index (χ2v) is 7.39. The average molecular weight is 503 g/mol. The highest BCUT2D eigenvalue weighted by Gasteiger charge is 2.33. The second-order valence-electron chi connectivity index (χ2n) is 7.39. The van der Waals surface area contributed by atoms with Crippen molar-refractivity contribution in [3.8, 4) is 0 Å². The summed E-state index contributed by atoms with van der Waals surface area (Å²) in [5, 5.41) is 6.99. The van der Waals surface area contributed by atoms with Crippen LogP contribution in [-0.2, 0) is 22.6 Å². The van der Waals surface area contributed by atoms with E-state index >= 15 is 0 Å². The summed E-state index contributed by atoms with van der Waals surface area (Å²) < 4.78 is 11.1. The number of hydrogen-bond acceptors (Lipinski definition) is 3. The van der Waals surface area contributed by atoms with E-state index in [9.17, 15) is 0 Å². The van der Waals surface area contributed by atoms with Gasteiger partial charge in [-0.25, -0.2) is 0 Å². The quantitative estimate of drug-likeness (QED) is 0.202. The van der Waals surface area contributed by atoms with Crippen LogP contribution in [0.4, 0.5) is 0 Å². The van der Waals surface area contributed by atoms with Crippen LogP contribution in [0, 0.1) is 5.41 Å². The van der Waals surface area contributed by atoms with Crippen molar-refractivity contribution in [2.24, 2.45) is 10.4 Å². The third kappa shape index (κ3) is 8.66. The fraction of sp³-hybridized carbons (Fsp3) is 0.682. The number of ether oxygens (including phenoxy) is 2. The van der Waals surface area contributed by atoms with E-state index < -0.39 is 0 Å². The molecule has 28 heavy (non-hydrogen) atoms. The predicted molar refractivity (Wildman–Crippen MR) is 127 cm³/mol. The van der Waals surface area contributed by atoms with Gasteiger partial charge in [-0.1, -0.05) is 37.1 Å². The maximum Gasteiger partial charge on any atom is 0.191 e. The van der Waals surface area contributed by atoms with Crippen LogP contribution in [0.2, 0.25) is 0 Å². The van der Waals surface area contributed by atoms with Gasteiger partial charge in [-0.15, -0.1) is 24.0 Å². The summed E-state index contributed by atoms with van der Waals surface area (Å²) >= 11 is 0. The summed E-state index contributed by atoms with van der Waals surface area (Å²) in [5.41, 5.74) is 2.80. The smallest absolute Gasteiger partial charge is 0.191 e. The minimum Gasteiger partial charge on any atom is -0.382 e. The molecule has 0 unspecified atom stereocenters. The number of halogens is 1. The van der Waals surface area contributed by atoms with Gasteiger partial charge in [-0.3, -0.25) is 4.99 Å². The van der Waals surface area contributed by atoms with Crippen LogP contribution in [-0.4, -0.2) is 39.4 Å². The highest BCUT2D eigenvalue weighted by molar-refractivity contribution is 14.0. The van der Waals surface area contributed by atoms with Crippen LogP contribution in [0.25, 0.3) is 0 Å². The van der Waals surface area contributed by atoms with Crippen molar-refractivity contribution in [2.45, 2.75) is 59.1 Å². The molecule has 0 heterocycles. The van der Waals surface area contributed by atoms with Crippen LogP contribution < -0.4 is 10.6 Å². The fourth-order valence-electron chi connectivity index (χ4n) is 3.72. The Morgan fingerprint density at radius 3 is 2.25 bits per heavy atom. The van der Waals surface area contributed by atoms with Gasteiger partial charge in [0, 0.05) is 40.0 Å². The highest BCUT2D eigenvalue weighted by Crippen LogP contribution is 2.40. The van der Waals surface area contributed by atoms with E-state index in [2.05, 4.69) is 46.8 Å². The number of rotatable bonds is 11. The van der Waals surface area contributed by atoms with Crippen molar-refractivity contribution in [3.63, 3.8) is 0 Å². The summed E-state index contributed by atoms with van der Waals surface area (Å²) in [4.78, 5) is 4.39. The second kappa shape index (κ2) is 14.2. The van der Waals surface area contributed by atoms with Crippen molar-refractivity contribution >= 4 is 29.9 Å². The number of nitrogens with zero attached hydrogens (tertiary/aromatic N) is 1. The molecule has 1 fully saturated rings. The summed E-state index contributed by atoms with van der Waals surface area (Å²) in [5.74, 6) is 0.871. The molecule has 2 rings (SSSR count). The zero-order chi connectivity index (χ0) is 19.4. The zero-order valence-electron chi connectivity index (χ0n) is 17.8. The first-order valence-corrected chi connectivity index (χ1v) is 10.4. The molecule has 6 heteroatoms. The van der Waals surface area contributed by atoms with Crippen molar-refractivity contribution in [2.75, 3.05) is 33.4 Å². The van der Waals surface area contributed by atoms with Crippen molar-refractivity contribution in [3.05, 3.63) is 35.4 Å². The predicted octanol–water partition coefficient (Wildman–Crippen LogP) is 4.49. The van der Waals surface area contributed by atoms with E-state index in [1.54, 1.807) is 0 Å². The van der Waals surface area contributed by atoms with Crippen LogP contribution in [0.3, 0.4) is 0 Å². The molecule has 1 aromatic carbocycles. The molecule has 1 aromatic rings. The number of nitrogens with one attached hydrogen (secondary N) is 2. The molecule has 5 nitrogen and oxygen atoms in total. The zero-order valence-corrected chi connectivity index (χ0v) is 20.1. The molecule has 160 valence electrons. The molecular weight excluding hydrogens is 465 g/mol. The Labute approximate surface area is 188 Å². The lowest BCUT2D eigenvalue weighted by atomic mass is 9.83. The van der Waals surface area contributed by atoms with Gasteiger partial charge in [-0.2, -0.15) is 0 Å². The minimum absolute atomic E-state index is 0. The van der Waals surface area contributed by atoms with E-state index in [1.165, 1.54) is 36.8 Å². The maximum absolute atomic E-state index is 5.61. The SMILES string of the molecule is CCOCCC1(CNC(=NC)NCc2ccc(COCC)cc2)CCCC1.I. The molecule has 0 radical (unpaired) electrons. The molecule has 0 aliphatic heterocycles. The monoisotopic (exact) mass is 503 g/mol. The summed E-state index contributed by atoms with van der Waals surface area (Å²) in [6.07, 6.45) is 6.35. The highest BCUT2D eigenvalue weighted by atomic mass is 127. The van der Waals surface area contributed by atoms with Gasteiger partial charge in [0.05, 0.1) is 6.61 Å². The van der Waals surface area contributed by atoms with Gasteiger partial charge in [0.2, 0.25) is 0 Å². The van der Waals surface area contributed by atoms with E-state index in [0.29, 0.717) is 12.0 Å². The molecule has 0 amide bonds. The van der Waals surface area contributed by atoms with Gasteiger partial charge >= 0.3 is 0 Å². The Morgan fingerprint density at radius 2 is 1.64 bits per heavy atom. The van der Waals surface area contributed by atoms with Gasteiger partial charge in [0.15, 0.2) is 5.96 Å². The van der Waals surface area contributed by atoms with Gasteiger partial charge in [0.1, 0.15) is 0 Å². The third-order valence-corrected chi connectivity index (χ3v) is 5.46. The summed E-state index contributed by atoms with van der Waals surface area (Å²) in [7, 11) is 1.84. The lowest BCUT2D eigenvalue weighted by Gasteiger charge is -2.30. The number of hydrogen-bond donors (Lipinski definition) is 2. The van der Waals surface area contributed by atoms with E-state index in [1.807, 2.05) is 14.0 Å². The molecule has 0 bridgehead atoms. The van der Waals surface area contributed by atoms with Crippen LogP contribution in [0.1, 0.15) is 57.1 Å². The van der Waals surface area contributed by atoms with Crippen molar-refractivity contribution in [1.82, 2.24) is 10.6 Å². The first-order valence-electron chi connectivity index (χ1n) is 10.4. The molecule has 2 N–H and O–H groups in total. The standard InChI is InChI=1S/C22H37N3O2.HI/c1-4-26-15-14-22(12-6-7-13-22)18-25-21(23-3)24-16-19-8-10-20(11-9-19)17-27-5-2;/h8-11H,4-7,12-18H2,1-3H3,(H2,23,24,25);1H. The van der Waals surface area contributed by atoms with Gasteiger partial charge < -0.3 is 20.1 Å². The van der Waals surface area contributed by atoms with Crippen LogP contribution in [0.5, 0.6) is 0 Å². The molecule has 1 saturated carbocycles. The maximum atomic E-state index is 5.61. The molecule has 1 aliphatic rings. The van der Waals surface area contributed by atoms with E-state index in [0.717, 1.165) is 45.3 Å². The van der Waals surface area contributed by atoms with Gasteiger partial charge in [0.25, 0.3) is 0 Å². The molecule has 0 spiro atoms. The number of aliphatic imine (C=N–C) groups is 1. The average Bonchev–Trinajstić information content (AvgIpc) is 3.16. The third-order valence-electron chi connectivity index (χ3n) is 5.46. The van der Waals surface area contributed by atoms with E-state index in [-0.39, 0.29) is 24.0 Å². The number of benzene rings is 1.